The molecule has 0 aliphatic carbocycles. The molecule has 4 atom stereocenters. The summed E-state index contributed by atoms with van der Waals surface area (Å²) >= 11 is 0. The number of ether oxygens (including phenoxy) is 1. The van der Waals surface area contributed by atoms with Gasteiger partial charge in [0, 0.05) is 13.1 Å². The maximum Gasteiger partial charge on any atom is 0.416 e. The van der Waals surface area contributed by atoms with E-state index in [1.165, 1.54) is 11.8 Å². The van der Waals surface area contributed by atoms with E-state index in [9.17, 15) is 41.0 Å². The van der Waals surface area contributed by atoms with Crippen molar-refractivity contribution in [3.05, 3.63) is 70.8 Å². The highest BCUT2D eigenvalue weighted by Crippen LogP contribution is 2.47. The van der Waals surface area contributed by atoms with E-state index < -0.39 is 60.6 Å². The number of alkyl halides is 6. The highest BCUT2D eigenvalue weighted by Gasteiger charge is 2.60. The van der Waals surface area contributed by atoms with Gasteiger partial charge in [-0.25, -0.2) is 4.79 Å². The second-order valence-corrected chi connectivity index (χ2v) is 12.0. The number of carbonyl (C=O) groups is 2. The molecule has 226 valence electrons. The van der Waals surface area contributed by atoms with Gasteiger partial charge in [-0.2, -0.15) is 26.3 Å². The van der Waals surface area contributed by atoms with Crippen LogP contribution < -0.4 is 5.32 Å². The Hall–Kier alpha value is -2.67. The monoisotopic (exact) mass is 615 g/mol. The van der Waals surface area contributed by atoms with E-state index in [2.05, 4.69) is 5.32 Å². The van der Waals surface area contributed by atoms with Gasteiger partial charge in [0.1, 0.15) is 13.1 Å². The molecule has 2 radical (unpaired) electrons. The largest absolute Gasteiger partial charge is 0.416 e. The Kier molecular flexibility index (Phi) is 9.05. The third-order valence-corrected chi connectivity index (χ3v) is 8.81. The number of piperidine rings is 1. The van der Waals surface area contributed by atoms with E-state index in [1.54, 1.807) is 37.0 Å². The first kappa shape index (κ1) is 32.3. The molecular formula is C27H29BF6N3O4P. The zero-order valence-corrected chi connectivity index (χ0v) is 23.7. The van der Waals surface area contributed by atoms with Crippen molar-refractivity contribution in [3.8, 4) is 0 Å². The standard InChI is InChI=1S/C27H29BF6N3O4P/c1-17(18-12-20(26(29,30)31)14-21(13-18)27(32,33)34)41-16-24(19-6-4-3-5-7-19)8-9-25(15-35-24)22(39)37(42(2)28)23(40)36(25)10-11-38/h3-7,12-14,17,35,38H,8-11,15-16H2,1-2H3/t17-,24-,25?,42?/m1/s1. The van der Waals surface area contributed by atoms with Crippen LogP contribution in [-0.2, 0) is 27.4 Å². The number of nitrogens with zero attached hydrogens (tertiary/aromatic N) is 2. The number of urea groups is 1. The number of halogens is 6. The maximum atomic E-state index is 13.5. The Morgan fingerprint density at radius 1 is 1.05 bits per heavy atom. The second-order valence-electron chi connectivity index (χ2n) is 10.5. The van der Waals surface area contributed by atoms with Crippen molar-refractivity contribution in [3.63, 3.8) is 0 Å². The van der Waals surface area contributed by atoms with Crippen LogP contribution >= 0.6 is 7.95 Å². The number of carbonyl (C=O) groups excluding carboxylic acids is 2. The minimum atomic E-state index is -5.00. The van der Waals surface area contributed by atoms with Gasteiger partial charge >= 0.3 is 18.4 Å². The summed E-state index contributed by atoms with van der Waals surface area (Å²) in [6.45, 7) is 2.21. The summed E-state index contributed by atoms with van der Waals surface area (Å²) in [5, 5.41) is 12.9. The molecule has 0 saturated carbocycles. The molecule has 7 nitrogen and oxygen atoms in total. The Bertz CT molecular complexity index is 1270. The number of aliphatic hydroxyl groups is 1. The van der Waals surface area contributed by atoms with Crippen molar-refractivity contribution < 1.29 is 45.8 Å². The number of nitrogens with one attached hydrogen (secondary N) is 1. The zero-order chi connectivity index (χ0) is 31.1. The topological polar surface area (TPSA) is 82.1 Å². The van der Waals surface area contributed by atoms with Crippen LogP contribution in [0.1, 0.15) is 48.1 Å². The van der Waals surface area contributed by atoms with Gasteiger partial charge in [-0.3, -0.25) is 9.46 Å². The summed E-state index contributed by atoms with van der Waals surface area (Å²) in [6, 6.07) is 9.61. The van der Waals surface area contributed by atoms with Gasteiger partial charge in [0.15, 0.2) is 0 Å². The molecule has 42 heavy (non-hydrogen) atoms. The number of hydrogen-bond donors (Lipinski definition) is 2. The van der Waals surface area contributed by atoms with E-state index in [0.717, 1.165) is 4.67 Å². The van der Waals surface area contributed by atoms with E-state index in [1.807, 2.05) is 0 Å². The smallest absolute Gasteiger partial charge is 0.395 e. The van der Waals surface area contributed by atoms with Crippen LogP contribution in [0.2, 0.25) is 0 Å². The van der Waals surface area contributed by atoms with Crippen LogP contribution in [0.5, 0.6) is 0 Å². The molecule has 2 aliphatic rings. The van der Waals surface area contributed by atoms with E-state index in [4.69, 9.17) is 12.3 Å². The number of benzene rings is 2. The maximum absolute atomic E-state index is 13.5. The zero-order valence-electron chi connectivity index (χ0n) is 22.8. The molecule has 1 spiro atoms. The average molecular weight is 615 g/mol. The molecule has 2 heterocycles. The number of β-amino-alcohol motifs (C(OH)–C–C–N with tert-alkyl or cyclic N) is 1. The number of rotatable bonds is 8. The molecule has 3 amide bonds. The molecule has 2 N–H and O–H groups in total. The van der Waals surface area contributed by atoms with Gasteiger partial charge in [-0.05, 0) is 55.8 Å². The molecule has 0 bridgehead atoms. The van der Waals surface area contributed by atoms with Gasteiger partial charge in [-0.1, -0.05) is 38.3 Å². The molecule has 15 heteroatoms. The first-order valence-electron chi connectivity index (χ1n) is 13.0. The fourth-order valence-corrected chi connectivity index (χ4v) is 6.35. The number of imide groups is 1. The third kappa shape index (κ3) is 6.04. The lowest BCUT2D eigenvalue weighted by molar-refractivity contribution is -0.143. The van der Waals surface area contributed by atoms with Gasteiger partial charge in [0.05, 0.1) is 36.0 Å². The second kappa shape index (κ2) is 11.8. The van der Waals surface area contributed by atoms with Crippen LogP contribution in [0.25, 0.3) is 0 Å². The van der Waals surface area contributed by atoms with Crippen LogP contribution in [0, 0.1) is 0 Å². The lowest BCUT2D eigenvalue weighted by Gasteiger charge is -2.47. The van der Waals surface area contributed by atoms with E-state index in [-0.39, 0.29) is 50.8 Å². The molecule has 2 aliphatic heterocycles. The predicted molar refractivity (Wildman–Crippen MR) is 144 cm³/mol. The van der Waals surface area contributed by atoms with Crippen molar-refractivity contribution in [1.82, 2.24) is 14.9 Å². The normalized spacial score (nSPS) is 24.9. The summed E-state index contributed by atoms with van der Waals surface area (Å²) < 4.78 is 87.5. The molecule has 2 saturated heterocycles. The quantitative estimate of drug-likeness (QED) is 0.185. The Balaban J connectivity index is 1.64. The van der Waals surface area contributed by atoms with Crippen LogP contribution in [0.3, 0.4) is 0 Å². The first-order chi connectivity index (χ1) is 19.6. The lowest BCUT2D eigenvalue weighted by Crippen LogP contribution is -2.65. The SMILES string of the molecule is [B]P(C)N1C(=O)N(CCO)C2(CC[C@@](CO[C@H](C)c3cc(C(F)(F)F)cc(C(F)(F)F)c3)(c3ccccc3)NC2)C1=O. The molecule has 0 aromatic heterocycles. The van der Waals surface area contributed by atoms with Gasteiger partial charge in [0.25, 0.3) is 5.91 Å². The van der Waals surface area contributed by atoms with Gasteiger partial charge in [0.2, 0.25) is 0 Å². The van der Waals surface area contributed by atoms with Crippen molar-refractivity contribution in [2.45, 2.75) is 49.3 Å². The third-order valence-electron chi connectivity index (χ3n) is 7.83. The highest BCUT2D eigenvalue weighted by atomic mass is 31.1. The molecule has 2 unspecified atom stereocenters. The van der Waals surface area contributed by atoms with Gasteiger partial charge in [-0.15, -0.1) is 0 Å². The van der Waals surface area contributed by atoms with Crippen LogP contribution in [0.15, 0.2) is 48.5 Å². The Labute approximate surface area is 241 Å². The molecular weight excluding hydrogens is 586 g/mol. The Morgan fingerprint density at radius 3 is 2.12 bits per heavy atom. The van der Waals surface area contributed by atoms with Crippen molar-refractivity contribution in [1.29, 1.82) is 0 Å². The highest BCUT2D eigenvalue weighted by molar-refractivity contribution is 7.80. The summed E-state index contributed by atoms with van der Waals surface area (Å²) in [7, 11) is 4.36. The van der Waals surface area contributed by atoms with Crippen molar-refractivity contribution >= 4 is 27.5 Å². The number of aliphatic hydroxyl groups excluding tert-OH is 1. The molecule has 4 rings (SSSR count). The number of amides is 3. The molecule has 2 fully saturated rings. The van der Waals surface area contributed by atoms with E-state index in [0.29, 0.717) is 17.7 Å². The van der Waals surface area contributed by atoms with Crippen molar-refractivity contribution in [2.75, 3.05) is 33.0 Å². The minimum Gasteiger partial charge on any atom is -0.395 e. The summed E-state index contributed by atoms with van der Waals surface area (Å²) in [5.74, 6) is -0.496. The lowest BCUT2D eigenvalue weighted by atomic mass is 9.75. The molecule has 2 aromatic rings. The van der Waals surface area contributed by atoms with Crippen LogP contribution in [-0.4, -0.2) is 72.7 Å². The van der Waals surface area contributed by atoms with Crippen LogP contribution in [0.4, 0.5) is 31.1 Å². The summed E-state index contributed by atoms with van der Waals surface area (Å²) in [4.78, 5) is 27.9. The first-order valence-corrected chi connectivity index (χ1v) is 14.8. The van der Waals surface area contributed by atoms with E-state index >= 15 is 0 Å². The number of hydrogen-bond acceptors (Lipinski definition) is 5. The average Bonchev–Trinajstić information content (AvgIpc) is 3.13. The molecule has 2 aromatic carbocycles. The summed E-state index contributed by atoms with van der Waals surface area (Å²) in [6.07, 6.45) is -10.8. The van der Waals surface area contributed by atoms with Crippen molar-refractivity contribution in [2.24, 2.45) is 0 Å². The Morgan fingerprint density at radius 2 is 1.64 bits per heavy atom. The minimum absolute atomic E-state index is 0.0499. The fraction of sp³-hybridized carbons (Fsp3) is 0.481. The fourth-order valence-electron chi connectivity index (χ4n) is 5.50. The van der Waals surface area contributed by atoms with Gasteiger partial charge < -0.3 is 20.1 Å². The predicted octanol–water partition coefficient (Wildman–Crippen LogP) is 5.19. The summed E-state index contributed by atoms with van der Waals surface area (Å²) in [5.41, 5.74) is -4.79.